The molecule has 0 saturated heterocycles. The summed E-state index contributed by atoms with van der Waals surface area (Å²) in [5.41, 5.74) is 6.00. The second kappa shape index (κ2) is 6.02. The molecule has 0 aliphatic heterocycles. The molecule has 76 valence electrons. The Morgan fingerprint density at radius 1 is 1.46 bits per heavy atom. The molecular weight excluding hydrogens is 270 g/mol. The van der Waals surface area contributed by atoms with Gasteiger partial charge < -0.3 is 5.73 Å². The van der Waals surface area contributed by atoms with Crippen LogP contribution in [0.5, 0.6) is 0 Å². The number of hydrogen-bond acceptors (Lipinski definition) is 2. The molecule has 13 heavy (non-hydrogen) atoms. The third-order valence-corrected chi connectivity index (χ3v) is 3.44. The molecule has 0 amide bonds. The van der Waals surface area contributed by atoms with Crippen molar-refractivity contribution in [2.75, 3.05) is 0 Å². The fraction of sp³-hybridized carbons (Fsp3) is 0.556. The number of hydrogen-bond donors (Lipinski definition) is 1. The Morgan fingerprint density at radius 2 is 2.08 bits per heavy atom. The van der Waals surface area contributed by atoms with Gasteiger partial charge in [-0.3, -0.25) is 0 Å². The molecule has 1 aromatic rings. The summed E-state index contributed by atoms with van der Waals surface area (Å²) in [6.45, 7) is 4.39. The lowest BCUT2D eigenvalue weighted by Gasteiger charge is -2.11. The van der Waals surface area contributed by atoms with E-state index < -0.39 is 0 Å². The molecule has 1 atom stereocenters. The Balaban J connectivity index is 0.00000144. The maximum Gasteiger partial charge on any atom is 0.0701 e. The minimum atomic E-state index is 0. The van der Waals surface area contributed by atoms with Crippen LogP contribution in [0.2, 0.25) is 0 Å². The number of nitrogens with two attached hydrogens (primary N) is 1. The van der Waals surface area contributed by atoms with Crippen molar-refractivity contribution in [2.24, 2.45) is 11.7 Å². The largest absolute Gasteiger partial charge is 0.323 e. The van der Waals surface area contributed by atoms with Crippen LogP contribution in [0.1, 0.15) is 31.2 Å². The van der Waals surface area contributed by atoms with Gasteiger partial charge in [-0.1, -0.05) is 13.8 Å². The molecule has 1 nitrogen and oxygen atoms in total. The highest BCUT2D eigenvalue weighted by Crippen LogP contribution is 2.28. The Kier molecular flexibility index (Phi) is 6.21. The lowest BCUT2D eigenvalue weighted by atomic mass is 10.0. The minimum absolute atomic E-state index is 0. The molecule has 0 saturated carbocycles. The zero-order valence-electron chi connectivity index (χ0n) is 7.79. The first kappa shape index (κ1) is 13.4. The molecule has 1 aromatic heterocycles. The van der Waals surface area contributed by atoms with Gasteiger partial charge in [0.2, 0.25) is 0 Å². The van der Waals surface area contributed by atoms with Crippen LogP contribution in [0, 0.1) is 5.92 Å². The second-order valence-corrected chi connectivity index (χ2v) is 5.87. The van der Waals surface area contributed by atoms with Crippen molar-refractivity contribution in [1.82, 2.24) is 0 Å². The van der Waals surface area contributed by atoms with E-state index in [1.807, 2.05) is 0 Å². The predicted molar refractivity (Wildman–Crippen MR) is 65.7 cm³/mol. The second-order valence-electron chi connectivity index (χ2n) is 3.38. The standard InChI is InChI=1S/C9H14BrNS.ClH/c1-6(2)5-7(11)8-3-4-9(10)12-8;/h3-4,6-7H,5,11H2,1-2H3;1H/t7-;/m1./s1. The van der Waals surface area contributed by atoms with E-state index in [0.29, 0.717) is 5.92 Å². The summed E-state index contributed by atoms with van der Waals surface area (Å²) in [4.78, 5) is 1.27. The van der Waals surface area contributed by atoms with Crippen molar-refractivity contribution in [3.05, 3.63) is 20.8 Å². The summed E-state index contributed by atoms with van der Waals surface area (Å²) in [7, 11) is 0. The van der Waals surface area contributed by atoms with E-state index in [2.05, 4.69) is 41.9 Å². The average molecular weight is 285 g/mol. The third-order valence-electron chi connectivity index (χ3n) is 1.68. The van der Waals surface area contributed by atoms with Crippen LogP contribution in [0.3, 0.4) is 0 Å². The molecular formula is C9H15BrClNS. The maximum atomic E-state index is 6.00. The quantitative estimate of drug-likeness (QED) is 0.893. The Hall–Kier alpha value is 0.430. The highest BCUT2D eigenvalue weighted by molar-refractivity contribution is 9.11. The summed E-state index contributed by atoms with van der Waals surface area (Å²) in [5.74, 6) is 0.667. The normalized spacial score (nSPS) is 12.7. The summed E-state index contributed by atoms with van der Waals surface area (Å²) in [6.07, 6.45) is 1.06. The van der Waals surface area contributed by atoms with Crippen molar-refractivity contribution in [3.8, 4) is 0 Å². The smallest absolute Gasteiger partial charge is 0.0701 e. The number of thiophene rings is 1. The zero-order valence-corrected chi connectivity index (χ0v) is 11.0. The highest BCUT2D eigenvalue weighted by atomic mass is 79.9. The molecule has 0 aromatic carbocycles. The van der Waals surface area contributed by atoms with Crippen LogP contribution in [0.25, 0.3) is 0 Å². The first-order chi connectivity index (χ1) is 5.59. The number of halogens is 2. The number of rotatable bonds is 3. The van der Waals surface area contributed by atoms with Gasteiger partial charge >= 0.3 is 0 Å². The summed E-state index contributed by atoms with van der Waals surface area (Å²) >= 11 is 5.16. The van der Waals surface area contributed by atoms with Gasteiger partial charge in [0, 0.05) is 10.9 Å². The fourth-order valence-electron chi connectivity index (χ4n) is 1.15. The van der Waals surface area contributed by atoms with Crippen molar-refractivity contribution in [2.45, 2.75) is 26.3 Å². The highest BCUT2D eigenvalue weighted by Gasteiger charge is 2.09. The summed E-state index contributed by atoms with van der Waals surface area (Å²) < 4.78 is 1.16. The van der Waals surface area contributed by atoms with Crippen molar-refractivity contribution < 1.29 is 0 Å². The Labute approximate surface area is 98.3 Å². The first-order valence-corrected chi connectivity index (χ1v) is 5.71. The topological polar surface area (TPSA) is 26.0 Å². The van der Waals surface area contributed by atoms with E-state index in [9.17, 15) is 0 Å². The van der Waals surface area contributed by atoms with Gasteiger partial charge in [-0.2, -0.15) is 0 Å². The molecule has 0 fully saturated rings. The van der Waals surface area contributed by atoms with Gasteiger partial charge in [-0.05, 0) is 40.4 Å². The maximum absolute atomic E-state index is 6.00. The molecule has 2 N–H and O–H groups in total. The van der Waals surface area contributed by atoms with Gasteiger partial charge in [0.25, 0.3) is 0 Å². The molecule has 0 radical (unpaired) electrons. The molecule has 4 heteroatoms. The monoisotopic (exact) mass is 283 g/mol. The van der Waals surface area contributed by atoms with Gasteiger partial charge in [0.05, 0.1) is 3.79 Å². The molecule has 1 rings (SSSR count). The Morgan fingerprint density at radius 3 is 2.46 bits per heavy atom. The van der Waals surface area contributed by atoms with E-state index in [1.54, 1.807) is 11.3 Å². The van der Waals surface area contributed by atoms with Gasteiger partial charge in [0.15, 0.2) is 0 Å². The summed E-state index contributed by atoms with van der Waals surface area (Å²) in [6, 6.07) is 4.36. The van der Waals surface area contributed by atoms with Gasteiger partial charge in [-0.15, -0.1) is 23.7 Å². The van der Waals surface area contributed by atoms with E-state index in [1.165, 1.54) is 4.88 Å². The minimum Gasteiger partial charge on any atom is -0.323 e. The van der Waals surface area contributed by atoms with E-state index in [0.717, 1.165) is 10.2 Å². The van der Waals surface area contributed by atoms with Crippen LogP contribution in [0.15, 0.2) is 15.9 Å². The van der Waals surface area contributed by atoms with Crippen molar-refractivity contribution in [3.63, 3.8) is 0 Å². The van der Waals surface area contributed by atoms with Crippen LogP contribution in [-0.4, -0.2) is 0 Å². The van der Waals surface area contributed by atoms with Crippen molar-refractivity contribution >= 4 is 39.7 Å². The fourth-order valence-corrected chi connectivity index (χ4v) is 2.59. The lowest BCUT2D eigenvalue weighted by Crippen LogP contribution is -2.11. The van der Waals surface area contributed by atoms with Crippen LogP contribution in [-0.2, 0) is 0 Å². The zero-order chi connectivity index (χ0) is 9.14. The van der Waals surface area contributed by atoms with Crippen LogP contribution >= 0.6 is 39.7 Å². The van der Waals surface area contributed by atoms with Gasteiger partial charge in [-0.25, -0.2) is 0 Å². The first-order valence-electron chi connectivity index (χ1n) is 4.10. The van der Waals surface area contributed by atoms with E-state index in [-0.39, 0.29) is 18.4 Å². The van der Waals surface area contributed by atoms with Gasteiger partial charge in [0.1, 0.15) is 0 Å². The van der Waals surface area contributed by atoms with Crippen molar-refractivity contribution in [1.29, 1.82) is 0 Å². The lowest BCUT2D eigenvalue weighted by molar-refractivity contribution is 0.515. The average Bonchev–Trinajstić information content (AvgIpc) is 2.34. The molecule has 1 heterocycles. The SMILES string of the molecule is CC(C)C[C@@H](N)c1ccc(Br)s1.Cl. The summed E-state index contributed by atoms with van der Waals surface area (Å²) in [5, 5.41) is 0. The molecule has 0 spiro atoms. The van der Waals surface area contributed by atoms with Crippen LogP contribution < -0.4 is 5.73 Å². The predicted octanol–water partition coefficient (Wildman–Crippen LogP) is 3.98. The van der Waals surface area contributed by atoms with E-state index in [4.69, 9.17) is 5.73 Å². The van der Waals surface area contributed by atoms with Crippen LogP contribution in [0.4, 0.5) is 0 Å². The third kappa shape index (κ3) is 4.45. The van der Waals surface area contributed by atoms with E-state index >= 15 is 0 Å². The molecule has 0 unspecified atom stereocenters. The Bertz CT molecular complexity index is 250. The molecule has 0 aliphatic carbocycles. The molecule has 0 bridgehead atoms. The molecule has 0 aliphatic rings.